The zero-order chi connectivity index (χ0) is 14.2. The molecule has 0 amide bonds. The molecule has 0 aliphatic heterocycles. The first-order valence-electron chi connectivity index (χ1n) is 6.01. The molecule has 0 aromatic heterocycles. The second-order valence-corrected chi connectivity index (χ2v) is 6.66. The molecule has 0 saturated carbocycles. The van der Waals surface area contributed by atoms with Gasteiger partial charge in [0.05, 0.1) is 9.79 Å². The highest BCUT2D eigenvalue weighted by Gasteiger charge is 2.20. The number of rotatable bonds is 2. The third-order valence-electron chi connectivity index (χ3n) is 3.26. The average Bonchev–Trinajstić information content (AvgIpc) is 2.35. The Morgan fingerprint density at radius 2 is 1.42 bits per heavy atom. The van der Waals surface area contributed by atoms with Crippen LogP contribution in [0.5, 0.6) is 0 Å². The van der Waals surface area contributed by atoms with Gasteiger partial charge in [0, 0.05) is 5.69 Å². The molecule has 2 N–H and O–H groups in total. The van der Waals surface area contributed by atoms with E-state index in [9.17, 15) is 8.42 Å². The Morgan fingerprint density at radius 1 is 0.895 bits per heavy atom. The first-order chi connectivity index (χ1) is 8.84. The molecule has 100 valence electrons. The van der Waals surface area contributed by atoms with Crippen LogP contribution in [0.15, 0.2) is 46.2 Å². The maximum Gasteiger partial charge on any atom is 0.206 e. The topological polar surface area (TPSA) is 60.2 Å². The van der Waals surface area contributed by atoms with Crippen molar-refractivity contribution in [3.8, 4) is 0 Å². The van der Waals surface area contributed by atoms with Gasteiger partial charge in [-0.1, -0.05) is 18.2 Å². The maximum absolute atomic E-state index is 12.6. The van der Waals surface area contributed by atoms with Crippen molar-refractivity contribution in [1.82, 2.24) is 0 Å². The Labute approximate surface area is 114 Å². The van der Waals surface area contributed by atoms with Crippen molar-refractivity contribution in [2.45, 2.75) is 30.6 Å². The summed E-state index contributed by atoms with van der Waals surface area (Å²) in [5.41, 5.74) is 8.82. The summed E-state index contributed by atoms with van der Waals surface area (Å²) in [7, 11) is -3.49. The lowest BCUT2D eigenvalue weighted by Gasteiger charge is -2.11. The summed E-state index contributed by atoms with van der Waals surface area (Å²) < 4.78 is 25.3. The van der Waals surface area contributed by atoms with E-state index in [0.717, 1.165) is 16.7 Å². The zero-order valence-corrected chi connectivity index (χ0v) is 12.1. The second kappa shape index (κ2) is 4.70. The number of nitrogens with two attached hydrogens (primary N) is 1. The molecule has 0 saturated heterocycles. The average molecular weight is 275 g/mol. The normalized spacial score (nSPS) is 11.5. The number of hydrogen-bond donors (Lipinski definition) is 1. The van der Waals surface area contributed by atoms with Gasteiger partial charge in [0.1, 0.15) is 0 Å². The Hall–Kier alpha value is -1.81. The van der Waals surface area contributed by atoms with E-state index in [1.807, 2.05) is 19.9 Å². The van der Waals surface area contributed by atoms with Gasteiger partial charge in [0.2, 0.25) is 9.84 Å². The lowest BCUT2D eigenvalue weighted by molar-refractivity contribution is 0.595. The van der Waals surface area contributed by atoms with Crippen LogP contribution in [0, 0.1) is 20.8 Å². The molecule has 0 heterocycles. The molecule has 2 aromatic rings. The van der Waals surface area contributed by atoms with E-state index in [1.165, 1.54) is 0 Å². The summed E-state index contributed by atoms with van der Waals surface area (Å²) in [6.45, 7) is 5.43. The monoisotopic (exact) mass is 275 g/mol. The second-order valence-electron chi connectivity index (χ2n) is 4.74. The van der Waals surface area contributed by atoms with Crippen LogP contribution < -0.4 is 5.73 Å². The molecule has 0 atom stereocenters. The Balaban J connectivity index is 2.68. The summed E-state index contributed by atoms with van der Waals surface area (Å²) >= 11 is 0. The minimum absolute atomic E-state index is 0.297. The molecule has 3 nitrogen and oxygen atoms in total. The third kappa shape index (κ3) is 2.36. The Bertz CT molecular complexity index is 711. The summed E-state index contributed by atoms with van der Waals surface area (Å²) in [6, 6.07) is 10.2. The number of aryl methyl sites for hydroxylation is 3. The van der Waals surface area contributed by atoms with E-state index in [-0.39, 0.29) is 0 Å². The van der Waals surface area contributed by atoms with E-state index >= 15 is 0 Å². The molecule has 19 heavy (non-hydrogen) atoms. The first kappa shape index (κ1) is 13.6. The van der Waals surface area contributed by atoms with Gasteiger partial charge in [-0.15, -0.1) is 0 Å². The SMILES string of the molecule is Cc1ccccc1S(=O)(=O)c1cc(C)c(N)c(C)c1. The van der Waals surface area contributed by atoms with Gasteiger partial charge in [-0.25, -0.2) is 8.42 Å². The van der Waals surface area contributed by atoms with Crippen LogP contribution >= 0.6 is 0 Å². The lowest BCUT2D eigenvalue weighted by atomic mass is 10.1. The van der Waals surface area contributed by atoms with E-state index in [4.69, 9.17) is 5.73 Å². The van der Waals surface area contributed by atoms with Gasteiger partial charge < -0.3 is 5.73 Å². The van der Waals surface area contributed by atoms with E-state index in [2.05, 4.69) is 0 Å². The predicted molar refractivity (Wildman–Crippen MR) is 77.0 cm³/mol. The van der Waals surface area contributed by atoms with Crippen molar-refractivity contribution in [3.05, 3.63) is 53.1 Å². The van der Waals surface area contributed by atoms with Gasteiger partial charge in [-0.05, 0) is 55.7 Å². The molecule has 0 unspecified atom stereocenters. The first-order valence-corrected chi connectivity index (χ1v) is 7.50. The van der Waals surface area contributed by atoms with Crippen molar-refractivity contribution in [2.24, 2.45) is 0 Å². The molecule has 4 heteroatoms. The molecule has 0 aliphatic rings. The minimum atomic E-state index is -3.49. The van der Waals surface area contributed by atoms with Gasteiger partial charge in [0.15, 0.2) is 0 Å². The highest BCUT2D eigenvalue weighted by molar-refractivity contribution is 7.91. The van der Waals surface area contributed by atoms with Gasteiger partial charge in [-0.3, -0.25) is 0 Å². The van der Waals surface area contributed by atoms with Crippen LogP contribution in [-0.4, -0.2) is 8.42 Å². The highest BCUT2D eigenvalue weighted by atomic mass is 32.2. The van der Waals surface area contributed by atoms with E-state index < -0.39 is 9.84 Å². The summed E-state index contributed by atoms with van der Waals surface area (Å²) in [4.78, 5) is 0.643. The number of anilines is 1. The zero-order valence-electron chi connectivity index (χ0n) is 11.3. The number of sulfone groups is 1. The van der Waals surface area contributed by atoms with Crippen molar-refractivity contribution < 1.29 is 8.42 Å². The molecule has 2 aromatic carbocycles. The molecule has 0 fully saturated rings. The van der Waals surface area contributed by atoms with Crippen LogP contribution in [0.25, 0.3) is 0 Å². The molecule has 2 rings (SSSR count). The van der Waals surface area contributed by atoms with Gasteiger partial charge >= 0.3 is 0 Å². The molecular formula is C15H17NO2S. The lowest BCUT2D eigenvalue weighted by Crippen LogP contribution is -2.06. The molecule has 0 radical (unpaired) electrons. The minimum Gasteiger partial charge on any atom is -0.398 e. The fraction of sp³-hybridized carbons (Fsp3) is 0.200. The van der Waals surface area contributed by atoms with Gasteiger partial charge in [-0.2, -0.15) is 0 Å². The standard InChI is InChI=1S/C15H17NO2S/c1-10-6-4-5-7-14(10)19(17,18)13-8-11(2)15(16)12(3)9-13/h4-9H,16H2,1-3H3. The predicted octanol–water partition coefficient (Wildman–Crippen LogP) is 3.03. The number of benzene rings is 2. The van der Waals surface area contributed by atoms with Crippen molar-refractivity contribution >= 4 is 15.5 Å². The quantitative estimate of drug-likeness (QED) is 0.857. The fourth-order valence-corrected chi connectivity index (χ4v) is 3.74. The van der Waals surface area contributed by atoms with Gasteiger partial charge in [0.25, 0.3) is 0 Å². The molecular weight excluding hydrogens is 258 g/mol. The number of hydrogen-bond acceptors (Lipinski definition) is 3. The number of nitrogen functional groups attached to an aromatic ring is 1. The summed E-state index contributed by atoms with van der Waals surface area (Å²) in [5, 5.41) is 0. The maximum atomic E-state index is 12.6. The van der Waals surface area contributed by atoms with Crippen LogP contribution in [0.3, 0.4) is 0 Å². The largest absolute Gasteiger partial charge is 0.398 e. The molecule has 0 bridgehead atoms. The Morgan fingerprint density at radius 3 is 1.95 bits per heavy atom. The van der Waals surface area contributed by atoms with Crippen LogP contribution in [0.2, 0.25) is 0 Å². The van der Waals surface area contributed by atoms with Crippen molar-refractivity contribution in [1.29, 1.82) is 0 Å². The Kier molecular flexibility index (Phi) is 3.37. The van der Waals surface area contributed by atoms with E-state index in [1.54, 1.807) is 37.3 Å². The molecule has 0 aliphatic carbocycles. The smallest absolute Gasteiger partial charge is 0.206 e. The van der Waals surface area contributed by atoms with E-state index in [0.29, 0.717) is 15.5 Å². The highest BCUT2D eigenvalue weighted by Crippen LogP contribution is 2.28. The van der Waals surface area contributed by atoms with Crippen LogP contribution in [0.1, 0.15) is 16.7 Å². The third-order valence-corrected chi connectivity index (χ3v) is 5.15. The summed E-state index contributed by atoms with van der Waals surface area (Å²) in [5.74, 6) is 0. The fourth-order valence-electron chi connectivity index (χ4n) is 2.08. The molecule has 0 spiro atoms. The summed E-state index contributed by atoms with van der Waals surface area (Å²) in [6.07, 6.45) is 0. The van der Waals surface area contributed by atoms with Crippen LogP contribution in [-0.2, 0) is 9.84 Å². The van der Waals surface area contributed by atoms with Crippen molar-refractivity contribution in [3.63, 3.8) is 0 Å². The van der Waals surface area contributed by atoms with Crippen molar-refractivity contribution in [2.75, 3.05) is 5.73 Å². The van der Waals surface area contributed by atoms with Crippen LogP contribution in [0.4, 0.5) is 5.69 Å².